The number of sulfonamides is 1. The molecule has 0 spiro atoms. The van der Waals surface area contributed by atoms with Crippen LogP contribution in [0, 0.1) is 0 Å². The number of hydrogen-bond donors (Lipinski definition) is 1. The number of ether oxygens (including phenoxy) is 1. The van der Waals surface area contributed by atoms with E-state index < -0.39 is 10.0 Å². The number of carbonyl (C=O) groups is 2. The summed E-state index contributed by atoms with van der Waals surface area (Å²) in [5.74, 6) is -0.420. The molecule has 1 saturated heterocycles. The first-order valence-electron chi connectivity index (χ1n) is 8.03. The molecule has 1 aliphatic rings. The third-order valence-electron chi connectivity index (χ3n) is 3.90. The first-order valence-corrected chi connectivity index (χ1v) is 10.3. The third-order valence-corrected chi connectivity index (χ3v) is 7.17. The summed E-state index contributed by atoms with van der Waals surface area (Å²) in [5.41, 5.74) is 0. The van der Waals surface area contributed by atoms with E-state index in [0.29, 0.717) is 43.4 Å². The van der Waals surface area contributed by atoms with Crippen LogP contribution < -0.4 is 5.32 Å². The second-order valence-electron chi connectivity index (χ2n) is 5.64. The molecule has 10 heteroatoms. The Bertz CT molecular complexity index is 667. The van der Waals surface area contributed by atoms with Gasteiger partial charge < -0.3 is 10.1 Å². The van der Waals surface area contributed by atoms with Crippen molar-refractivity contribution in [2.45, 2.75) is 17.1 Å². The average Bonchev–Trinajstić information content (AvgIpc) is 3.14. The van der Waals surface area contributed by atoms with Crippen LogP contribution in [0.25, 0.3) is 0 Å². The van der Waals surface area contributed by atoms with Gasteiger partial charge in [0, 0.05) is 39.1 Å². The summed E-state index contributed by atoms with van der Waals surface area (Å²) in [4.78, 5) is 24.8. The molecule has 0 aromatic carbocycles. The lowest BCUT2D eigenvalue weighted by Crippen LogP contribution is -2.51. The summed E-state index contributed by atoms with van der Waals surface area (Å²) >= 11 is 1.21. The lowest BCUT2D eigenvalue weighted by molar-refractivity contribution is -0.140. The van der Waals surface area contributed by atoms with E-state index in [1.54, 1.807) is 17.5 Å². The Kier molecular flexibility index (Phi) is 7.36. The van der Waals surface area contributed by atoms with Gasteiger partial charge in [-0.15, -0.1) is 11.3 Å². The second-order valence-corrected chi connectivity index (χ2v) is 8.75. The SMILES string of the molecule is COC(=O)CCCNC(=O)CN1CCN(S(=O)(=O)c2cccs2)CC1. The number of esters is 1. The zero-order valence-corrected chi connectivity index (χ0v) is 15.8. The Morgan fingerprint density at radius 2 is 2.00 bits per heavy atom. The van der Waals surface area contributed by atoms with Crippen LogP contribution in [0.4, 0.5) is 0 Å². The topological polar surface area (TPSA) is 96.0 Å². The van der Waals surface area contributed by atoms with E-state index in [9.17, 15) is 18.0 Å². The van der Waals surface area contributed by atoms with Crippen molar-refractivity contribution in [3.63, 3.8) is 0 Å². The minimum atomic E-state index is -3.42. The van der Waals surface area contributed by atoms with Gasteiger partial charge in [0.15, 0.2) is 0 Å². The molecule has 0 saturated carbocycles. The van der Waals surface area contributed by atoms with Crippen molar-refractivity contribution >= 4 is 33.2 Å². The number of hydrogen-bond acceptors (Lipinski definition) is 7. The van der Waals surface area contributed by atoms with Gasteiger partial charge in [0.25, 0.3) is 10.0 Å². The molecule has 1 aromatic heterocycles. The first-order chi connectivity index (χ1) is 11.9. The van der Waals surface area contributed by atoms with Crippen LogP contribution >= 0.6 is 11.3 Å². The molecular weight excluding hydrogens is 366 g/mol. The number of rotatable bonds is 8. The van der Waals surface area contributed by atoms with Gasteiger partial charge >= 0.3 is 5.97 Å². The van der Waals surface area contributed by atoms with Crippen molar-refractivity contribution in [3.8, 4) is 0 Å². The van der Waals surface area contributed by atoms with Crippen molar-refractivity contribution in [1.82, 2.24) is 14.5 Å². The fourth-order valence-electron chi connectivity index (χ4n) is 2.49. The van der Waals surface area contributed by atoms with Crippen LogP contribution in [0.2, 0.25) is 0 Å². The number of nitrogens with zero attached hydrogens (tertiary/aromatic N) is 2. The monoisotopic (exact) mass is 389 g/mol. The Morgan fingerprint density at radius 1 is 1.28 bits per heavy atom. The molecule has 0 atom stereocenters. The minimum absolute atomic E-state index is 0.126. The molecule has 0 radical (unpaired) electrons. The van der Waals surface area contributed by atoms with Crippen LogP contribution in [0.1, 0.15) is 12.8 Å². The highest BCUT2D eigenvalue weighted by Gasteiger charge is 2.29. The predicted molar refractivity (Wildman–Crippen MR) is 93.8 cm³/mol. The molecule has 0 bridgehead atoms. The number of piperazine rings is 1. The number of methoxy groups -OCH3 is 1. The molecule has 1 amide bonds. The van der Waals surface area contributed by atoms with Gasteiger partial charge in [0.05, 0.1) is 13.7 Å². The highest BCUT2D eigenvalue weighted by atomic mass is 32.2. The highest BCUT2D eigenvalue weighted by Crippen LogP contribution is 2.21. The fraction of sp³-hybridized carbons (Fsp3) is 0.600. The zero-order valence-electron chi connectivity index (χ0n) is 14.1. The van der Waals surface area contributed by atoms with Crippen LogP contribution in [0.3, 0.4) is 0 Å². The summed E-state index contributed by atoms with van der Waals surface area (Å²) < 4.78 is 31.2. The predicted octanol–water partition coefficient (Wildman–Crippen LogP) is 0.124. The quantitative estimate of drug-likeness (QED) is 0.501. The van der Waals surface area contributed by atoms with Crippen LogP contribution in [-0.4, -0.2) is 75.9 Å². The zero-order chi connectivity index (χ0) is 18.3. The second kappa shape index (κ2) is 9.27. The maximum atomic E-state index is 12.4. The summed E-state index contributed by atoms with van der Waals surface area (Å²) in [6.45, 7) is 2.41. The van der Waals surface area contributed by atoms with E-state index in [1.165, 1.54) is 22.8 Å². The van der Waals surface area contributed by atoms with Gasteiger partial charge in [-0.1, -0.05) is 6.07 Å². The molecule has 1 aromatic rings. The lowest BCUT2D eigenvalue weighted by Gasteiger charge is -2.33. The van der Waals surface area contributed by atoms with E-state index in [-0.39, 0.29) is 24.8 Å². The summed E-state index contributed by atoms with van der Waals surface area (Å²) in [7, 11) is -2.09. The van der Waals surface area contributed by atoms with E-state index in [4.69, 9.17) is 0 Å². The highest BCUT2D eigenvalue weighted by molar-refractivity contribution is 7.91. The maximum absolute atomic E-state index is 12.4. The molecule has 0 unspecified atom stereocenters. The van der Waals surface area contributed by atoms with E-state index in [1.807, 2.05) is 4.90 Å². The third kappa shape index (κ3) is 5.77. The molecule has 8 nitrogen and oxygen atoms in total. The molecule has 140 valence electrons. The van der Waals surface area contributed by atoms with Gasteiger partial charge in [-0.05, 0) is 17.9 Å². The summed E-state index contributed by atoms with van der Waals surface area (Å²) in [5, 5.41) is 4.50. The van der Waals surface area contributed by atoms with Crippen molar-refractivity contribution < 1.29 is 22.7 Å². The molecule has 0 aliphatic carbocycles. The first kappa shape index (κ1) is 19.8. The van der Waals surface area contributed by atoms with Crippen LogP contribution in [0.15, 0.2) is 21.7 Å². The minimum Gasteiger partial charge on any atom is -0.469 e. The Hall–Kier alpha value is -1.49. The smallest absolute Gasteiger partial charge is 0.305 e. The van der Waals surface area contributed by atoms with Gasteiger partial charge in [0.1, 0.15) is 4.21 Å². The Labute approximate surface area is 151 Å². The van der Waals surface area contributed by atoms with E-state index in [0.717, 1.165) is 0 Å². The van der Waals surface area contributed by atoms with Crippen molar-refractivity contribution in [2.75, 3.05) is 46.4 Å². The number of thiophene rings is 1. The summed E-state index contributed by atoms with van der Waals surface area (Å²) in [6, 6.07) is 3.33. The lowest BCUT2D eigenvalue weighted by atomic mass is 10.3. The van der Waals surface area contributed by atoms with Crippen molar-refractivity contribution in [2.24, 2.45) is 0 Å². The fourth-order valence-corrected chi connectivity index (χ4v) is 5.05. The van der Waals surface area contributed by atoms with Gasteiger partial charge in [-0.25, -0.2) is 8.42 Å². The normalized spacial score (nSPS) is 16.5. The van der Waals surface area contributed by atoms with Gasteiger partial charge in [-0.2, -0.15) is 4.31 Å². The molecule has 1 fully saturated rings. The molecule has 1 aliphatic heterocycles. The molecular formula is C15H23N3O5S2. The van der Waals surface area contributed by atoms with Gasteiger partial charge in [-0.3, -0.25) is 14.5 Å². The summed E-state index contributed by atoms with van der Waals surface area (Å²) in [6.07, 6.45) is 0.807. The van der Waals surface area contributed by atoms with Crippen molar-refractivity contribution in [3.05, 3.63) is 17.5 Å². The molecule has 2 heterocycles. The molecule has 25 heavy (non-hydrogen) atoms. The largest absolute Gasteiger partial charge is 0.469 e. The van der Waals surface area contributed by atoms with Crippen LogP contribution in [0.5, 0.6) is 0 Å². The number of nitrogens with one attached hydrogen (secondary N) is 1. The number of carbonyl (C=O) groups excluding carboxylic acids is 2. The standard InChI is InChI=1S/C15H23N3O5S2/c1-23-14(20)4-2-6-16-13(19)12-17-7-9-18(10-8-17)25(21,22)15-5-3-11-24-15/h3,5,11H,2,4,6-10,12H2,1H3,(H,16,19). The van der Waals surface area contributed by atoms with E-state index >= 15 is 0 Å². The Morgan fingerprint density at radius 3 is 2.60 bits per heavy atom. The van der Waals surface area contributed by atoms with Crippen molar-refractivity contribution in [1.29, 1.82) is 0 Å². The molecule has 2 rings (SSSR count). The van der Waals surface area contributed by atoms with E-state index in [2.05, 4.69) is 10.1 Å². The Balaban J connectivity index is 1.70. The number of amides is 1. The average molecular weight is 389 g/mol. The maximum Gasteiger partial charge on any atom is 0.305 e. The molecule has 1 N–H and O–H groups in total. The van der Waals surface area contributed by atoms with Gasteiger partial charge in [0.2, 0.25) is 5.91 Å². The van der Waals surface area contributed by atoms with Crippen LogP contribution in [-0.2, 0) is 24.3 Å².